The van der Waals surface area contributed by atoms with Crippen LogP contribution in [0, 0.1) is 0 Å². The molecule has 8 nitrogen and oxygen atoms in total. The summed E-state index contributed by atoms with van der Waals surface area (Å²) in [5.74, 6) is 2.45. The van der Waals surface area contributed by atoms with Crippen LogP contribution < -0.4 is 4.90 Å². The second-order valence-corrected chi connectivity index (χ2v) is 6.06. The van der Waals surface area contributed by atoms with Gasteiger partial charge < -0.3 is 9.88 Å². The Morgan fingerprint density at radius 1 is 1.08 bits per heavy atom. The summed E-state index contributed by atoms with van der Waals surface area (Å²) >= 11 is 0. The predicted molar refractivity (Wildman–Crippen MR) is 92.8 cm³/mol. The van der Waals surface area contributed by atoms with Crippen molar-refractivity contribution in [1.29, 1.82) is 0 Å². The Labute approximate surface area is 143 Å². The molecule has 0 amide bonds. The van der Waals surface area contributed by atoms with E-state index in [4.69, 9.17) is 4.98 Å². The molecule has 25 heavy (non-hydrogen) atoms. The first kappa shape index (κ1) is 14.1. The minimum Gasteiger partial charge on any atom is -0.344 e. The number of H-pyrrole nitrogens is 2. The third-order valence-electron chi connectivity index (χ3n) is 4.58. The van der Waals surface area contributed by atoms with Crippen LogP contribution in [0.3, 0.4) is 0 Å². The van der Waals surface area contributed by atoms with Gasteiger partial charge in [-0.1, -0.05) is 30.3 Å². The van der Waals surface area contributed by atoms with Crippen LogP contribution in [-0.4, -0.2) is 41.7 Å². The smallest absolute Gasteiger partial charge is 0.182 e. The summed E-state index contributed by atoms with van der Waals surface area (Å²) in [4.78, 5) is 23.0. The highest BCUT2D eigenvalue weighted by Gasteiger charge is 2.31. The monoisotopic (exact) mass is 332 g/mol. The Hall–Kier alpha value is -3.29. The molecule has 0 unspecified atom stereocenters. The van der Waals surface area contributed by atoms with E-state index in [9.17, 15) is 0 Å². The highest BCUT2D eigenvalue weighted by molar-refractivity contribution is 5.83. The fourth-order valence-corrected chi connectivity index (χ4v) is 3.41. The molecular weight excluding hydrogens is 316 g/mol. The number of anilines is 1. The number of aromatic nitrogens is 7. The standard InChI is InChI=1S/C17H16N8/c1-2-5-11(6-3-1)14-22-15(24-23-14)12-7-4-8-25(12)17-13-16(19-9-18-13)20-10-21-17/h1-3,5-6,9-10,12H,4,7-8H2,(H,22,23,24)(H,18,19,20,21)/t12-/m1/s1. The Morgan fingerprint density at radius 3 is 2.92 bits per heavy atom. The SMILES string of the molecule is c1ccc(-c2n[nH]c([C@H]3CCCN3c3ncnc4nc[nH]c34)n2)cc1. The zero-order chi connectivity index (χ0) is 16.6. The third kappa shape index (κ3) is 2.34. The first-order valence-corrected chi connectivity index (χ1v) is 8.28. The molecule has 0 aliphatic carbocycles. The Balaban J connectivity index is 1.52. The van der Waals surface area contributed by atoms with E-state index in [1.165, 1.54) is 0 Å². The summed E-state index contributed by atoms with van der Waals surface area (Å²) in [5.41, 5.74) is 2.54. The maximum Gasteiger partial charge on any atom is 0.182 e. The normalized spacial score (nSPS) is 17.4. The second-order valence-electron chi connectivity index (χ2n) is 6.06. The van der Waals surface area contributed by atoms with Crippen molar-refractivity contribution in [3.8, 4) is 11.4 Å². The van der Waals surface area contributed by atoms with E-state index in [1.54, 1.807) is 12.7 Å². The maximum absolute atomic E-state index is 4.73. The largest absolute Gasteiger partial charge is 0.344 e. The molecule has 1 aliphatic rings. The number of hydrogen-bond acceptors (Lipinski definition) is 6. The number of imidazole rings is 1. The number of aromatic amines is 2. The molecule has 124 valence electrons. The molecule has 4 aromatic rings. The fourth-order valence-electron chi connectivity index (χ4n) is 3.41. The van der Waals surface area contributed by atoms with Gasteiger partial charge in [-0.15, -0.1) is 0 Å². The molecule has 0 spiro atoms. The molecule has 3 aromatic heterocycles. The van der Waals surface area contributed by atoms with Gasteiger partial charge in [-0.2, -0.15) is 5.10 Å². The molecule has 0 bridgehead atoms. The highest BCUT2D eigenvalue weighted by Crippen LogP contribution is 2.36. The van der Waals surface area contributed by atoms with Gasteiger partial charge in [-0.05, 0) is 12.8 Å². The Bertz CT molecular complexity index is 1010. The molecule has 1 saturated heterocycles. The highest BCUT2D eigenvalue weighted by atomic mass is 15.3. The van der Waals surface area contributed by atoms with Crippen molar-refractivity contribution in [3.63, 3.8) is 0 Å². The van der Waals surface area contributed by atoms with Gasteiger partial charge in [-0.3, -0.25) is 5.10 Å². The topological polar surface area (TPSA) is 99.3 Å². The van der Waals surface area contributed by atoms with E-state index < -0.39 is 0 Å². The lowest BCUT2D eigenvalue weighted by molar-refractivity contribution is 0.665. The van der Waals surface area contributed by atoms with Crippen LogP contribution in [-0.2, 0) is 0 Å². The average molecular weight is 332 g/mol. The first-order chi connectivity index (χ1) is 12.4. The van der Waals surface area contributed by atoms with Crippen LogP contribution in [0.15, 0.2) is 43.0 Å². The molecule has 0 radical (unpaired) electrons. The minimum atomic E-state index is 0.117. The van der Waals surface area contributed by atoms with Crippen molar-refractivity contribution in [2.24, 2.45) is 0 Å². The summed E-state index contributed by atoms with van der Waals surface area (Å²) in [7, 11) is 0. The number of rotatable bonds is 3. The lowest BCUT2D eigenvalue weighted by Gasteiger charge is -2.23. The van der Waals surface area contributed by atoms with E-state index in [-0.39, 0.29) is 6.04 Å². The van der Waals surface area contributed by atoms with Gasteiger partial charge in [0.15, 0.2) is 17.3 Å². The lowest BCUT2D eigenvalue weighted by Crippen LogP contribution is -2.24. The van der Waals surface area contributed by atoms with Crippen LogP contribution in [0.4, 0.5) is 5.82 Å². The number of nitrogens with one attached hydrogen (secondary N) is 2. The van der Waals surface area contributed by atoms with E-state index in [0.717, 1.165) is 47.9 Å². The molecule has 2 N–H and O–H groups in total. The minimum absolute atomic E-state index is 0.117. The van der Waals surface area contributed by atoms with Crippen molar-refractivity contribution in [1.82, 2.24) is 35.1 Å². The summed E-state index contributed by atoms with van der Waals surface area (Å²) in [6.07, 6.45) is 5.29. The van der Waals surface area contributed by atoms with Gasteiger partial charge in [0.25, 0.3) is 0 Å². The number of benzene rings is 1. The fraction of sp³-hybridized carbons (Fsp3) is 0.235. The lowest BCUT2D eigenvalue weighted by atomic mass is 10.2. The zero-order valence-corrected chi connectivity index (χ0v) is 13.4. The van der Waals surface area contributed by atoms with Gasteiger partial charge in [0, 0.05) is 12.1 Å². The van der Waals surface area contributed by atoms with Crippen LogP contribution in [0.2, 0.25) is 0 Å². The van der Waals surface area contributed by atoms with Gasteiger partial charge >= 0.3 is 0 Å². The molecule has 5 rings (SSSR count). The van der Waals surface area contributed by atoms with E-state index in [1.807, 2.05) is 30.3 Å². The molecule has 1 fully saturated rings. The van der Waals surface area contributed by atoms with E-state index in [2.05, 4.69) is 35.0 Å². The van der Waals surface area contributed by atoms with Crippen molar-refractivity contribution in [3.05, 3.63) is 48.8 Å². The van der Waals surface area contributed by atoms with Gasteiger partial charge in [0.2, 0.25) is 0 Å². The van der Waals surface area contributed by atoms with Crippen LogP contribution >= 0.6 is 0 Å². The Kier molecular flexibility index (Phi) is 3.19. The van der Waals surface area contributed by atoms with Crippen LogP contribution in [0.1, 0.15) is 24.7 Å². The van der Waals surface area contributed by atoms with Gasteiger partial charge in [0.1, 0.15) is 17.7 Å². The molecule has 1 aliphatic heterocycles. The first-order valence-electron chi connectivity index (χ1n) is 8.28. The zero-order valence-electron chi connectivity index (χ0n) is 13.4. The molecular formula is C17H16N8. The Morgan fingerprint density at radius 2 is 2.00 bits per heavy atom. The molecule has 8 heteroatoms. The van der Waals surface area contributed by atoms with Crippen molar-refractivity contribution >= 4 is 17.0 Å². The van der Waals surface area contributed by atoms with Gasteiger partial charge in [0.05, 0.1) is 12.4 Å². The predicted octanol–water partition coefficient (Wildman–Crippen LogP) is 2.48. The van der Waals surface area contributed by atoms with Gasteiger partial charge in [-0.25, -0.2) is 19.9 Å². The second kappa shape index (κ2) is 5.66. The average Bonchev–Trinajstić information content (AvgIpc) is 3.40. The van der Waals surface area contributed by atoms with Crippen LogP contribution in [0.25, 0.3) is 22.6 Å². The van der Waals surface area contributed by atoms with Crippen molar-refractivity contribution in [2.45, 2.75) is 18.9 Å². The van der Waals surface area contributed by atoms with Crippen molar-refractivity contribution < 1.29 is 0 Å². The number of hydrogen-bond donors (Lipinski definition) is 2. The van der Waals surface area contributed by atoms with E-state index in [0.29, 0.717) is 5.65 Å². The quantitative estimate of drug-likeness (QED) is 0.598. The number of nitrogens with zero attached hydrogens (tertiary/aromatic N) is 6. The molecule has 1 aromatic carbocycles. The molecule has 0 saturated carbocycles. The maximum atomic E-state index is 4.73. The molecule has 1 atom stereocenters. The number of fused-ring (bicyclic) bond motifs is 1. The summed E-state index contributed by atoms with van der Waals surface area (Å²) < 4.78 is 0. The van der Waals surface area contributed by atoms with E-state index >= 15 is 0 Å². The molecule has 4 heterocycles. The summed E-state index contributed by atoms with van der Waals surface area (Å²) in [6, 6.07) is 10.1. The van der Waals surface area contributed by atoms with Crippen LogP contribution in [0.5, 0.6) is 0 Å². The summed E-state index contributed by atoms with van der Waals surface area (Å²) in [5, 5.41) is 7.51. The third-order valence-corrected chi connectivity index (χ3v) is 4.58. The van der Waals surface area contributed by atoms with Crippen molar-refractivity contribution in [2.75, 3.05) is 11.4 Å². The summed E-state index contributed by atoms with van der Waals surface area (Å²) in [6.45, 7) is 0.914.